The van der Waals surface area contributed by atoms with E-state index in [4.69, 9.17) is 9.26 Å². The molecule has 0 N–H and O–H groups in total. The SMILES string of the molecule is O=C(c1cnoc1)N1Cc2cccn2CC(CCOc2ncccc2F)C1. The molecule has 0 saturated carbocycles. The predicted octanol–water partition coefficient (Wildman–Crippen LogP) is 2.75. The maximum Gasteiger partial charge on any atom is 0.259 e. The zero-order chi connectivity index (χ0) is 18.6. The van der Waals surface area contributed by atoms with Gasteiger partial charge in [0.25, 0.3) is 5.91 Å². The molecule has 27 heavy (non-hydrogen) atoms. The summed E-state index contributed by atoms with van der Waals surface area (Å²) < 4.78 is 26.1. The zero-order valence-corrected chi connectivity index (χ0v) is 14.6. The molecule has 3 aromatic rings. The smallest absolute Gasteiger partial charge is 0.259 e. The van der Waals surface area contributed by atoms with E-state index in [1.54, 1.807) is 4.90 Å². The van der Waals surface area contributed by atoms with E-state index in [2.05, 4.69) is 14.7 Å². The minimum atomic E-state index is -0.477. The molecule has 0 aromatic carbocycles. The Morgan fingerprint density at radius 2 is 2.26 bits per heavy atom. The summed E-state index contributed by atoms with van der Waals surface area (Å²) in [5, 5.41) is 3.62. The van der Waals surface area contributed by atoms with Gasteiger partial charge >= 0.3 is 0 Å². The number of fused-ring (bicyclic) bond motifs is 1. The second kappa shape index (κ2) is 7.61. The topological polar surface area (TPSA) is 73.4 Å². The molecule has 7 nitrogen and oxygen atoms in total. The Bertz CT molecular complexity index is 909. The number of pyridine rings is 1. The highest BCUT2D eigenvalue weighted by molar-refractivity contribution is 5.93. The Labute approximate surface area is 155 Å². The van der Waals surface area contributed by atoms with Crippen LogP contribution in [-0.4, -0.2) is 38.7 Å². The Morgan fingerprint density at radius 1 is 1.33 bits per heavy atom. The van der Waals surface area contributed by atoms with Crippen molar-refractivity contribution in [2.24, 2.45) is 5.92 Å². The van der Waals surface area contributed by atoms with Crippen LogP contribution in [0.25, 0.3) is 0 Å². The number of carbonyl (C=O) groups excluding carboxylic acids is 1. The number of aromatic nitrogens is 3. The highest BCUT2D eigenvalue weighted by Crippen LogP contribution is 2.22. The van der Waals surface area contributed by atoms with Gasteiger partial charge in [-0.25, -0.2) is 9.37 Å². The van der Waals surface area contributed by atoms with Crippen molar-refractivity contribution in [3.8, 4) is 5.88 Å². The fourth-order valence-electron chi connectivity index (χ4n) is 3.31. The third-order valence-electron chi connectivity index (χ3n) is 4.67. The van der Waals surface area contributed by atoms with Gasteiger partial charge in [-0.15, -0.1) is 0 Å². The lowest BCUT2D eigenvalue weighted by atomic mass is 10.1. The highest BCUT2D eigenvalue weighted by Gasteiger charge is 2.26. The molecule has 1 atom stereocenters. The van der Waals surface area contributed by atoms with Crippen LogP contribution >= 0.6 is 0 Å². The van der Waals surface area contributed by atoms with Crippen molar-refractivity contribution < 1.29 is 18.4 Å². The second-order valence-corrected chi connectivity index (χ2v) is 6.54. The van der Waals surface area contributed by atoms with E-state index in [9.17, 15) is 9.18 Å². The summed E-state index contributed by atoms with van der Waals surface area (Å²) >= 11 is 0. The van der Waals surface area contributed by atoms with E-state index >= 15 is 0 Å². The van der Waals surface area contributed by atoms with E-state index in [1.165, 1.54) is 30.8 Å². The average Bonchev–Trinajstić information content (AvgIpc) is 3.32. The van der Waals surface area contributed by atoms with Gasteiger partial charge in [-0.05, 0) is 36.6 Å². The Kier molecular flexibility index (Phi) is 4.86. The monoisotopic (exact) mass is 370 g/mol. The van der Waals surface area contributed by atoms with E-state index < -0.39 is 5.82 Å². The minimum Gasteiger partial charge on any atom is -0.476 e. The molecule has 140 valence electrons. The van der Waals surface area contributed by atoms with Gasteiger partial charge in [0, 0.05) is 31.2 Å². The van der Waals surface area contributed by atoms with E-state index in [1.807, 2.05) is 18.3 Å². The van der Waals surface area contributed by atoms with Gasteiger partial charge in [0.1, 0.15) is 6.26 Å². The molecule has 0 fully saturated rings. The molecule has 0 spiro atoms. The standard InChI is InChI=1S/C19H19FN4O3/c20-17-4-1-6-21-18(17)26-8-5-14-10-23-7-2-3-16(23)12-24(11-14)19(25)15-9-22-27-13-15/h1-4,6-7,9,13-14H,5,8,10-12H2. The molecule has 3 aromatic heterocycles. The number of nitrogens with zero attached hydrogens (tertiary/aromatic N) is 4. The van der Waals surface area contributed by atoms with Gasteiger partial charge in [-0.2, -0.15) is 0 Å². The van der Waals surface area contributed by atoms with Gasteiger partial charge in [-0.3, -0.25) is 4.79 Å². The molecule has 0 bridgehead atoms. The van der Waals surface area contributed by atoms with Gasteiger partial charge < -0.3 is 18.7 Å². The lowest BCUT2D eigenvalue weighted by Gasteiger charge is -2.23. The molecule has 1 unspecified atom stereocenters. The lowest BCUT2D eigenvalue weighted by molar-refractivity contribution is 0.0711. The lowest BCUT2D eigenvalue weighted by Crippen LogP contribution is -2.34. The minimum absolute atomic E-state index is 0.00480. The Hall–Kier alpha value is -3.16. The third-order valence-corrected chi connectivity index (χ3v) is 4.67. The van der Waals surface area contributed by atoms with Crippen LogP contribution < -0.4 is 4.74 Å². The van der Waals surface area contributed by atoms with Crippen molar-refractivity contribution >= 4 is 5.91 Å². The van der Waals surface area contributed by atoms with E-state index in [0.717, 1.165) is 12.2 Å². The van der Waals surface area contributed by atoms with Crippen molar-refractivity contribution in [2.75, 3.05) is 13.2 Å². The molecular weight excluding hydrogens is 351 g/mol. The predicted molar refractivity (Wildman–Crippen MR) is 93.5 cm³/mol. The van der Waals surface area contributed by atoms with Gasteiger partial charge in [0.05, 0.1) is 24.9 Å². The van der Waals surface area contributed by atoms with Gasteiger partial charge in [0.2, 0.25) is 5.88 Å². The number of halogens is 1. The third kappa shape index (κ3) is 3.84. The zero-order valence-electron chi connectivity index (χ0n) is 14.6. The molecule has 1 aliphatic rings. The van der Waals surface area contributed by atoms with Gasteiger partial charge in [-0.1, -0.05) is 5.16 Å². The maximum atomic E-state index is 13.6. The van der Waals surface area contributed by atoms with Crippen LogP contribution in [0.1, 0.15) is 22.5 Å². The van der Waals surface area contributed by atoms with E-state index in [-0.39, 0.29) is 17.7 Å². The first-order valence-corrected chi connectivity index (χ1v) is 8.76. The molecule has 8 heteroatoms. The van der Waals surface area contributed by atoms with Crippen LogP contribution in [0.4, 0.5) is 4.39 Å². The number of ether oxygens (including phenoxy) is 1. The first-order chi connectivity index (χ1) is 13.2. The molecule has 0 saturated heterocycles. The number of hydrogen-bond acceptors (Lipinski definition) is 5. The van der Waals surface area contributed by atoms with Crippen molar-refractivity contribution in [1.29, 1.82) is 0 Å². The highest BCUT2D eigenvalue weighted by atomic mass is 19.1. The first-order valence-electron chi connectivity index (χ1n) is 8.76. The quantitative estimate of drug-likeness (QED) is 0.690. The van der Waals surface area contributed by atoms with Crippen LogP contribution in [0.5, 0.6) is 5.88 Å². The van der Waals surface area contributed by atoms with Crippen LogP contribution in [0.2, 0.25) is 0 Å². The summed E-state index contributed by atoms with van der Waals surface area (Å²) in [6.45, 7) is 2.18. The summed E-state index contributed by atoms with van der Waals surface area (Å²) in [5.41, 5.74) is 1.50. The number of amides is 1. The fourth-order valence-corrected chi connectivity index (χ4v) is 3.31. The summed E-state index contributed by atoms with van der Waals surface area (Å²) in [7, 11) is 0. The van der Waals surface area contributed by atoms with Crippen molar-refractivity contribution in [3.05, 3.63) is 66.2 Å². The van der Waals surface area contributed by atoms with Crippen molar-refractivity contribution in [1.82, 2.24) is 19.6 Å². The van der Waals surface area contributed by atoms with Crippen LogP contribution in [0.3, 0.4) is 0 Å². The van der Waals surface area contributed by atoms with Crippen LogP contribution in [0, 0.1) is 11.7 Å². The van der Waals surface area contributed by atoms with Crippen LogP contribution in [0.15, 0.2) is 53.6 Å². The molecule has 0 aliphatic carbocycles. The molecule has 4 rings (SSSR count). The first kappa shape index (κ1) is 17.3. The molecular formula is C19H19FN4O3. The maximum absolute atomic E-state index is 13.6. The number of carbonyl (C=O) groups is 1. The number of rotatable bonds is 5. The summed E-state index contributed by atoms with van der Waals surface area (Å²) in [4.78, 5) is 18.4. The Morgan fingerprint density at radius 3 is 3.07 bits per heavy atom. The summed E-state index contributed by atoms with van der Waals surface area (Å²) in [5.74, 6) is -0.428. The largest absolute Gasteiger partial charge is 0.476 e. The summed E-state index contributed by atoms with van der Waals surface area (Å²) in [6, 6.07) is 6.82. The molecule has 1 aliphatic heterocycles. The normalized spacial score (nSPS) is 16.6. The number of hydrogen-bond donors (Lipinski definition) is 0. The van der Waals surface area contributed by atoms with Crippen LogP contribution in [-0.2, 0) is 13.1 Å². The molecule has 4 heterocycles. The summed E-state index contributed by atoms with van der Waals surface area (Å²) in [6.07, 6.45) is 6.95. The second-order valence-electron chi connectivity index (χ2n) is 6.54. The average molecular weight is 370 g/mol. The molecule has 1 amide bonds. The Balaban J connectivity index is 1.45. The molecule has 0 radical (unpaired) electrons. The van der Waals surface area contributed by atoms with Crippen molar-refractivity contribution in [3.63, 3.8) is 0 Å². The van der Waals surface area contributed by atoms with E-state index in [0.29, 0.717) is 31.7 Å². The van der Waals surface area contributed by atoms with Gasteiger partial charge in [0.15, 0.2) is 5.82 Å². The van der Waals surface area contributed by atoms with Crippen molar-refractivity contribution in [2.45, 2.75) is 19.5 Å². The fraction of sp³-hybridized carbons (Fsp3) is 0.316.